The summed E-state index contributed by atoms with van der Waals surface area (Å²) in [4.78, 5) is 12.7. The summed E-state index contributed by atoms with van der Waals surface area (Å²) < 4.78 is 6.02. The standard InChI is InChI=1S/C20H23NO3/c22-18-12-15-6-2-1-5-14(15)11-17(18)19(23)21-16-7-10-24-20(13-16)8-3-4-9-20/h1-2,5-6,11-12,16,22H,3-4,7-10,13H2,(H,21,23). The number of hydrogen-bond acceptors (Lipinski definition) is 3. The van der Waals surface area contributed by atoms with Gasteiger partial charge in [0.2, 0.25) is 0 Å². The molecule has 2 N–H and O–H groups in total. The van der Waals surface area contributed by atoms with Gasteiger partial charge in [0.15, 0.2) is 0 Å². The van der Waals surface area contributed by atoms with Crippen molar-refractivity contribution in [1.29, 1.82) is 0 Å². The largest absolute Gasteiger partial charge is 0.507 e. The molecular formula is C20H23NO3. The molecule has 4 nitrogen and oxygen atoms in total. The van der Waals surface area contributed by atoms with Crippen LogP contribution >= 0.6 is 0 Å². The van der Waals surface area contributed by atoms with E-state index < -0.39 is 0 Å². The summed E-state index contributed by atoms with van der Waals surface area (Å²) in [6, 6.07) is 11.3. The molecule has 2 fully saturated rings. The molecule has 24 heavy (non-hydrogen) atoms. The van der Waals surface area contributed by atoms with Crippen molar-refractivity contribution in [3.8, 4) is 5.75 Å². The van der Waals surface area contributed by atoms with E-state index in [4.69, 9.17) is 4.74 Å². The highest BCUT2D eigenvalue weighted by Gasteiger charge is 2.40. The summed E-state index contributed by atoms with van der Waals surface area (Å²) in [5.74, 6) is -0.160. The van der Waals surface area contributed by atoms with Gasteiger partial charge >= 0.3 is 0 Å². The molecule has 1 saturated heterocycles. The number of fused-ring (bicyclic) bond motifs is 1. The third kappa shape index (κ3) is 2.86. The lowest BCUT2D eigenvalue weighted by Gasteiger charge is -2.38. The Morgan fingerprint density at radius 2 is 1.88 bits per heavy atom. The molecule has 2 aromatic carbocycles. The van der Waals surface area contributed by atoms with Gasteiger partial charge in [-0.05, 0) is 48.6 Å². The Kier molecular flexibility index (Phi) is 3.93. The van der Waals surface area contributed by atoms with Crippen molar-refractivity contribution in [2.24, 2.45) is 0 Å². The number of ether oxygens (including phenoxy) is 1. The van der Waals surface area contributed by atoms with E-state index in [-0.39, 0.29) is 23.3 Å². The molecule has 0 bridgehead atoms. The van der Waals surface area contributed by atoms with Gasteiger partial charge in [0.25, 0.3) is 5.91 Å². The Bertz CT molecular complexity index is 765. The molecule has 1 saturated carbocycles. The molecule has 1 heterocycles. The minimum absolute atomic E-state index is 0.0262. The van der Waals surface area contributed by atoms with E-state index in [0.29, 0.717) is 12.2 Å². The minimum atomic E-state index is -0.196. The third-order valence-electron chi connectivity index (χ3n) is 5.45. The maximum absolute atomic E-state index is 12.7. The Balaban J connectivity index is 1.52. The molecule has 1 unspecified atom stereocenters. The van der Waals surface area contributed by atoms with E-state index in [0.717, 1.165) is 36.5 Å². The van der Waals surface area contributed by atoms with E-state index >= 15 is 0 Å². The Morgan fingerprint density at radius 3 is 2.62 bits per heavy atom. The monoisotopic (exact) mass is 325 g/mol. The molecule has 2 aliphatic rings. The molecule has 1 amide bonds. The minimum Gasteiger partial charge on any atom is -0.507 e. The third-order valence-corrected chi connectivity index (χ3v) is 5.45. The molecule has 1 spiro atoms. The van der Waals surface area contributed by atoms with Crippen molar-refractivity contribution < 1.29 is 14.6 Å². The van der Waals surface area contributed by atoms with Crippen molar-refractivity contribution in [1.82, 2.24) is 5.32 Å². The molecule has 1 aliphatic carbocycles. The van der Waals surface area contributed by atoms with Crippen LogP contribution in [0.5, 0.6) is 5.75 Å². The highest BCUT2D eigenvalue weighted by molar-refractivity contribution is 6.01. The van der Waals surface area contributed by atoms with Crippen LogP contribution in [0.25, 0.3) is 10.8 Å². The second kappa shape index (κ2) is 6.10. The predicted molar refractivity (Wildman–Crippen MR) is 93.3 cm³/mol. The fourth-order valence-corrected chi connectivity index (χ4v) is 4.19. The number of phenols is 1. The average Bonchev–Trinajstić information content (AvgIpc) is 3.01. The van der Waals surface area contributed by atoms with Gasteiger partial charge in [0.05, 0.1) is 11.2 Å². The second-order valence-electron chi connectivity index (χ2n) is 7.12. The molecule has 1 aliphatic heterocycles. The van der Waals surface area contributed by atoms with E-state index in [2.05, 4.69) is 5.32 Å². The molecule has 1 atom stereocenters. The number of nitrogens with one attached hydrogen (secondary N) is 1. The lowest BCUT2D eigenvalue weighted by atomic mass is 9.88. The Morgan fingerprint density at radius 1 is 1.17 bits per heavy atom. The Labute approximate surface area is 141 Å². The number of carbonyl (C=O) groups is 1. The van der Waals surface area contributed by atoms with Crippen molar-refractivity contribution in [2.75, 3.05) is 6.61 Å². The maximum Gasteiger partial charge on any atom is 0.255 e. The number of rotatable bonds is 2. The predicted octanol–water partition coefficient (Wildman–Crippen LogP) is 3.77. The van der Waals surface area contributed by atoms with Gasteiger partial charge in [-0.25, -0.2) is 0 Å². The van der Waals surface area contributed by atoms with Gasteiger partial charge < -0.3 is 15.2 Å². The fourth-order valence-electron chi connectivity index (χ4n) is 4.19. The van der Waals surface area contributed by atoms with Gasteiger partial charge in [-0.1, -0.05) is 37.1 Å². The van der Waals surface area contributed by atoms with Crippen LogP contribution in [-0.2, 0) is 4.74 Å². The number of hydrogen-bond donors (Lipinski definition) is 2. The van der Waals surface area contributed by atoms with Crippen molar-refractivity contribution in [2.45, 2.75) is 50.2 Å². The first-order valence-electron chi connectivity index (χ1n) is 8.82. The average molecular weight is 325 g/mol. The van der Waals surface area contributed by atoms with Crippen LogP contribution < -0.4 is 5.32 Å². The summed E-state index contributed by atoms with van der Waals surface area (Å²) in [5.41, 5.74) is 0.322. The zero-order valence-corrected chi connectivity index (χ0v) is 13.8. The molecule has 126 valence electrons. The smallest absolute Gasteiger partial charge is 0.255 e. The molecule has 2 aromatic rings. The van der Waals surface area contributed by atoms with Crippen LogP contribution in [0.3, 0.4) is 0 Å². The number of aromatic hydroxyl groups is 1. The van der Waals surface area contributed by atoms with Gasteiger partial charge in [-0.2, -0.15) is 0 Å². The number of benzene rings is 2. The summed E-state index contributed by atoms with van der Waals surface area (Å²) >= 11 is 0. The zero-order chi connectivity index (χ0) is 16.6. The first-order chi connectivity index (χ1) is 11.7. The lowest BCUT2D eigenvalue weighted by molar-refractivity contribution is -0.0823. The van der Waals surface area contributed by atoms with Crippen LogP contribution in [0.4, 0.5) is 0 Å². The van der Waals surface area contributed by atoms with Crippen LogP contribution in [0, 0.1) is 0 Å². The van der Waals surface area contributed by atoms with Crippen molar-refractivity contribution in [3.63, 3.8) is 0 Å². The van der Waals surface area contributed by atoms with E-state index in [9.17, 15) is 9.90 Å². The SMILES string of the molecule is O=C(NC1CCOC2(CCCC2)C1)c1cc2ccccc2cc1O. The van der Waals surface area contributed by atoms with Crippen LogP contribution in [-0.4, -0.2) is 29.3 Å². The molecule has 4 rings (SSSR count). The second-order valence-corrected chi connectivity index (χ2v) is 7.12. The molecule has 0 radical (unpaired) electrons. The highest BCUT2D eigenvalue weighted by atomic mass is 16.5. The van der Waals surface area contributed by atoms with E-state index in [1.807, 2.05) is 24.3 Å². The van der Waals surface area contributed by atoms with Crippen molar-refractivity contribution >= 4 is 16.7 Å². The van der Waals surface area contributed by atoms with Gasteiger partial charge in [-0.3, -0.25) is 4.79 Å². The Hall–Kier alpha value is -2.07. The first kappa shape index (κ1) is 15.5. The number of carbonyl (C=O) groups excluding carboxylic acids is 1. The van der Waals surface area contributed by atoms with Gasteiger partial charge in [-0.15, -0.1) is 0 Å². The molecular weight excluding hydrogens is 302 g/mol. The quantitative estimate of drug-likeness (QED) is 0.884. The number of phenolic OH excluding ortho intramolecular Hbond substituents is 1. The van der Waals surface area contributed by atoms with E-state index in [1.165, 1.54) is 12.8 Å². The first-order valence-corrected chi connectivity index (χ1v) is 8.82. The van der Waals surface area contributed by atoms with E-state index in [1.54, 1.807) is 12.1 Å². The summed E-state index contributed by atoms with van der Waals surface area (Å²) in [7, 11) is 0. The topological polar surface area (TPSA) is 58.6 Å². The summed E-state index contributed by atoms with van der Waals surface area (Å²) in [6.07, 6.45) is 6.34. The molecule has 0 aromatic heterocycles. The highest BCUT2D eigenvalue weighted by Crippen LogP contribution is 2.40. The normalized spacial score (nSPS) is 22.8. The zero-order valence-electron chi connectivity index (χ0n) is 13.8. The van der Waals surface area contributed by atoms with Gasteiger partial charge in [0, 0.05) is 12.6 Å². The lowest BCUT2D eigenvalue weighted by Crippen LogP contribution is -2.47. The van der Waals surface area contributed by atoms with Crippen LogP contribution in [0.15, 0.2) is 36.4 Å². The molecule has 4 heteroatoms. The van der Waals surface area contributed by atoms with Gasteiger partial charge in [0.1, 0.15) is 5.75 Å². The maximum atomic E-state index is 12.7. The summed E-state index contributed by atoms with van der Waals surface area (Å²) in [5, 5.41) is 15.2. The number of amides is 1. The van der Waals surface area contributed by atoms with Crippen LogP contribution in [0.2, 0.25) is 0 Å². The van der Waals surface area contributed by atoms with Crippen molar-refractivity contribution in [3.05, 3.63) is 42.0 Å². The summed E-state index contributed by atoms with van der Waals surface area (Å²) in [6.45, 7) is 0.703. The fraction of sp³-hybridized carbons (Fsp3) is 0.450. The van der Waals surface area contributed by atoms with Crippen LogP contribution in [0.1, 0.15) is 48.9 Å².